The van der Waals surface area contributed by atoms with E-state index in [1.54, 1.807) is 0 Å². The van der Waals surface area contributed by atoms with Crippen LogP contribution in [0.2, 0.25) is 0 Å². The van der Waals surface area contributed by atoms with E-state index in [1.165, 1.54) is 0 Å². The number of carbonyl (C=O) groups excluding carboxylic acids is 3. The molecule has 0 heterocycles. The highest BCUT2D eigenvalue weighted by molar-refractivity contribution is 5.90. The Morgan fingerprint density at radius 1 is 1.00 bits per heavy atom. The van der Waals surface area contributed by atoms with Crippen LogP contribution in [0.15, 0.2) is 30.3 Å². The summed E-state index contributed by atoms with van der Waals surface area (Å²) in [6, 6.07) is 8.74. The number of primary amides is 2. The number of nitrogens with zero attached hydrogens (tertiary/aromatic N) is 1. The first kappa shape index (κ1) is 16.6. The lowest BCUT2D eigenvalue weighted by atomic mass is 10.0. The third-order valence-electron chi connectivity index (χ3n) is 2.91. The van der Waals surface area contributed by atoms with Crippen LogP contribution in [0.25, 0.3) is 0 Å². The molecular formula is C14H20N4O3. The van der Waals surface area contributed by atoms with E-state index >= 15 is 0 Å². The van der Waals surface area contributed by atoms with E-state index in [0.717, 1.165) is 10.5 Å². The van der Waals surface area contributed by atoms with Gasteiger partial charge in [-0.15, -0.1) is 0 Å². The van der Waals surface area contributed by atoms with Gasteiger partial charge in [-0.25, -0.2) is 0 Å². The molecule has 0 saturated heterocycles. The first-order valence-corrected chi connectivity index (χ1v) is 6.55. The maximum atomic E-state index is 12.1. The summed E-state index contributed by atoms with van der Waals surface area (Å²) in [6.45, 7) is -0.748. The first-order valence-electron chi connectivity index (χ1n) is 6.55. The Morgan fingerprint density at radius 3 is 2.00 bits per heavy atom. The van der Waals surface area contributed by atoms with Crippen molar-refractivity contribution in [3.63, 3.8) is 0 Å². The van der Waals surface area contributed by atoms with E-state index in [4.69, 9.17) is 17.2 Å². The van der Waals surface area contributed by atoms with E-state index in [9.17, 15) is 14.4 Å². The predicted molar refractivity (Wildman–Crippen MR) is 77.7 cm³/mol. The van der Waals surface area contributed by atoms with E-state index in [1.807, 2.05) is 30.3 Å². The van der Waals surface area contributed by atoms with Gasteiger partial charge in [-0.05, 0) is 18.4 Å². The molecule has 0 aliphatic rings. The Morgan fingerprint density at radius 2 is 1.52 bits per heavy atom. The second-order valence-corrected chi connectivity index (χ2v) is 4.76. The normalized spacial score (nSPS) is 11.7. The second-order valence-electron chi connectivity index (χ2n) is 4.76. The fraction of sp³-hybridized carbons (Fsp3) is 0.357. The standard InChI is InChI=1S/C14H20N4O3/c15-11(7-6-10-4-2-1-3-5-10)14(21)18(8-12(16)19)9-13(17)20/h1-5,11H,6-9,15H2,(H2,16,19)(H2,17,20). The molecule has 0 saturated carbocycles. The summed E-state index contributed by atoms with van der Waals surface area (Å²) in [4.78, 5) is 35.0. The summed E-state index contributed by atoms with van der Waals surface area (Å²) in [7, 11) is 0. The van der Waals surface area contributed by atoms with Crippen LogP contribution in [0.5, 0.6) is 0 Å². The van der Waals surface area contributed by atoms with Gasteiger partial charge in [-0.2, -0.15) is 0 Å². The molecule has 0 aliphatic heterocycles. The molecule has 1 atom stereocenters. The summed E-state index contributed by atoms with van der Waals surface area (Å²) in [5.74, 6) is -1.96. The number of amides is 3. The van der Waals surface area contributed by atoms with Crippen LogP contribution in [0.3, 0.4) is 0 Å². The van der Waals surface area contributed by atoms with Crippen molar-refractivity contribution in [3.8, 4) is 0 Å². The molecule has 1 rings (SSSR count). The van der Waals surface area contributed by atoms with Gasteiger partial charge in [0.05, 0.1) is 19.1 Å². The summed E-state index contributed by atoms with van der Waals surface area (Å²) in [6.07, 6.45) is 1.02. The minimum absolute atomic E-state index is 0.374. The van der Waals surface area contributed by atoms with Crippen molar-refractivity contribution in [2.75, 3.05) is 13.1 Å². The van der Waals surface area contributed by atoms with Crippen molar-refractivity contribution in [2.45, 2.75) is 18.9 Å². The van der Waals surface area contributed by atoms with Gasteiger partial charge in [0.25, 0.3) is 0 Å². The van der Waals surface area contributed by atoms with Gasteiger partial charge in [0.15, 0.2) is 0 Å². The summed E-state index contributed by atoms with van der Waals surface area (Å²) >= 11 is 0. The molecule has 0 radical (unpaired) electrons. The van der Waals surface area contributed by atoms with Crippen molar-refractivity contribution >= 4 is 17.7 Å². The third kappa shape index (κ3) is 6.05. The molecule has 3 amide bonds. The average molecular weight is 292 g/mol. The van der Waals surface area contributed by atoms with Crippen molar-refractivity contribution in [1.82, 2.24) is 4.90 Å². The zero-order valence-electron chi connectivity index (χ0n) is 11.7. The number of aryl methyl sites for hydroxylation is 1. The molecule has 0 aromatic heterocycles. The molecule has 1 aromatic carbocycles. The second kappa shape index (κ2) is 8.01. The highest BCUT2D eigenvalue weighted by Crippen LogP contribution is 2.06. The summed E-state index contributed by atoms with van der Waals surface area (Å²) in [5, 5.41) is 0. The van der Waals surface area contributed by atoms with Crippen molar-refractivity contribution in [3.05, 3.63) is 35.9 Å². The lowest BCUT2D eigenvalue weighted by Gasteiger charge is -2.23. The number of carbonyl (C=O) groups is 3. The Bertz CT molecular complexity index is 488. The molecule has 1 unspecified atom stereocenters. The molecular weight excluding hydrogens is 272 g/mol. The lowest BCUT2D eigenvalue weighted by Crippen LogP contribution is -2.50. The Hall–Kier alpha value is -2.41. The van der Waals surface area contributed by atoms with E-state index < -0.39 is 23.8 Å². The quantitative estimate of drug-likeness (QED) is 0.552. The SMILES string of the molecule is NC(=O)CN(CC(N)=O)C(=O)C(N)CCc1ccccc1. The fourth-order valence-electron chi connectivity index (χ4n) is 1.91. The van der Waals surface area contributed by atoms with Gasteiger partial charge in [-0.1, -0.05) is 30.3 Å². The van der Waals surface area contributed by atoms with Crippen LogP contribution < -0.4 is 17.2 Å². The van der Waals surface area contributed by atoms with Gasteiger partial charge in [0, 0.05) is 0 Å². The summed E-state index contributed by atoms with van der Waals surface area (Å²) < 4.78 is 0. The molecule has 1 aromatic rings. The Balaban J connectivity index is 2.60. The van der Waals surface area contributed by atoms with Gasteiger partial charge >= 0.3 is 0 Å². The highest BCUT2D eigenvalue weighted by Gasteiger charge is 2.23. The maximum absolute atomic E-state index is 12.1. The lowest BCUT2D eigenvalue weighted by molar-refractivity contribution is -0.139. The van der Waals surface area contributed by atoms with Gasteiger partial charge in [0.2, 0.25) is 17.7 Å². The zero-order valence-corrected chi connectivity index (χ0v) is 11.7. The van der Waals surface area contributed by atoms with Gasteiger partial charge in [-0.3, -0.25) is 14.4 Å². The summed E-state index contributed by atoms with van der Waals surface area (Å²) in [5.41, 5.74) is 17.0. The number of benzene rings is 1. The molecule has 6 N–H and O–H groups in total. The van der Waals surface area contributed by atoms with Crippen LogP contribution >= 0.6 is 0 Å². The molecule has 0 spiro atoms. The van der Waals surface area contributed by atoms with Crippen LogP contribution in [0.4, 0.5) is 0 Å². The number of nitrogens with two attached hydrogens (primary N) is 3. The molecule has 7 nitrogen and oxygen atoms in total. The Kier molecular flexibility index (Phi) is 6.35. The fourth-order valence-corrected chi connectivity index (χ4v) is 1.91. The van der Waals surface area contributed by atoms with E-state index in [-0.39, 0.29) is 13.1 Å². The molecule has 21 heavy (non-hydrogen) atoms. The largest absolute Gasteiger partial charge is 0.368 e. The smallest absolute Gasteiger partial charge is 0.240 e. The van der Waals surface area contributed by atoms with E-state index in [2.05, 4.69) is 0 Å². The van der Waals surface area contributed by atoms with Crippen LogP contribution in [-0.2, 0) is 20.8 Å². The zero-order chi connectivity index (χ0) is 15.8. The minimum Gasteiger partial charge on any atom is -0.368 e. The molecule has 0 bridgehead atoms. The monoisotopic (exact) mass is 292 g/mol. The molecule has 0 aliphatic carbocycles. The molecule has 114 valence electrons. The molecule has 7 heteroatoms. The average Bonchev–Trinajstić information content (AvgIpc) is 2.43. The number of hydrogen-bond donors (Lipinski definition) is 3. The van der Waals surface area contributed by atoms with Gasteiger partial charge < -0.3 is 22.1 Å². The van der Waals surface area contributed by atoms with Crippen LogP contribution in [-0.4, -0.2) is 41.8 Å². The third-order valence-corrected chi connectivity index (χ3v) is 2.91. The van der Waals surface area contributed by atoms with Gasteiger partial charge in [0.1, 0.15) is 0 Å². The number of hydrogen-bond acceptors (Lipinski definition) is 4. The maximum Gasteiger partial charge on any atom is 0.240 e. The first-order chi connectivity index (χ1) is 9.90. The highest BCUT2D eigenvalue weighted by atomic mass is 16.2. The number of rotatable bonds is 8. The van der Waals surface area contributed by atoms with Crippen LogP contribution in [0.1, 0.15) is 12.0 Å². The van der Waals surface area contributed by atoms with Crippen molar-refractivity contribution in [2.24, 2.45) is 17.2 Å². The van der Waals surface area contributed by atoms with Crippen molar-refractivity contribution in [1.29, 1.82) is 0 Å². The van der Waals surface area contributed by atoms with E-state index in [0.29, 0.717) is 12.8 Å². The molecule has 0 fully saturated rings. The predicted octanol–water partition coefficient (Wildman–Crippen LogP) is -1.25. The minimum atomic E-state index is -0.816. The Labute approximate surface area is 123 Å². The van der Waals surface area contributed by atoms with Crippen molar-refractivity contribution < 1.29 is 14.4 Å². The topological polar surface area (TPSA) is 133 Å². The van der Waals surface area contributed by atoms with Crippen LogP contribution in [0, 0.1) is 0 Å².